The third kappa shape index (κ3) is 3.22. The quantitative estimate of drug-likeness (QED) is 0.739. The molecule has 0 atom stereocenters. The molecule has 1 saturated heterocycles. The minimum Gasteiger partial charge on any atom is -0.489 e. The van der Waals surface area contributed by atoms with Crippen molar-refractivity contribution < 1.29 is 4.74 Å². The molecule has 0 saturated carbocycles. The molecule has 1 aliphatic rings. The second kappa shape index (κ2) is 6.26. The lowest BCUT2D eigenvalue weighted by atomic mass is 10.1. The van der Waals surface area contributed by atoms with Gasteiger partial charge in [-0.3, -0.25) is 0 Å². The van der Waals surface area contributed by atoms with Gasteiger partial charge in [-0.1, -0.05) is 12.1 Å². The molecular formula is C14H16IN3OS. The predicted molar refractivity (Wildman–Crippen MR) is 89.7 cm³/mol. The molecule has 20 heavy (non-hydrogen) atoms. The van der Waals surface area contributed by atoms with E-state index >= 15 is 0 Å². The smallest absolute Gasteiger partial charge is 0.205 e. The first-order valence-electron chi connectivity index (χ1n) is 6.69. The van der Waals surface area contributed by atoms with Crippen LogP contribution >= 0.6 is 34.1 Å². The van der Waals surface area contributed by atoms with E-state index in [0.29, 0.717) is 6.10 Å². The zero-order valence-electron chi connectivity index (χ0n) is 11.3. The Morgan fingerprint density at radius 3 is 2.70 bits per heavy atom. The number of piperidine rings is 1. The van der Waals surface area contributed by atoms with Gasteiger partial charge in [0.05, 0.1) is 3.57 Å². The highest BCUT2D eigenvalue weighted by Crippen LogP contribution is 2.26. The number of nitrogens with zero attached hydrogens (tertiary/aromatic N) is 3. The molecule has 2 aromatic rings. The van der Waals surface area contributed by atoms with Crippen molar-refractivity contribution in [1.82, 2.24) is 9.36 Å². The summed E-state index contributed by atoms with van der Waals surface area (Å²) in [5, 5.41) is 1.04. The minimum absolute atomic E-state index is 0.302. The summed E-state index contributed by atoms with van der Waals surface area (Å²) in [6, 6.07) is 8.18. The lowest BCUT2D eigenvalue weighted by molar-refractivity contribution is 0.169. The standard InChI is InChI=1S/C14H16IN3OS/c1-10-16-14(20-17-10)18-8-6-11(7-9-18)19-13-5-3-2-4-12(13)15/h2-5,11H,6-9H2,1H3. The number of halogens is 1. The van der Waals surface area contributed by atoms with E-state index in [1.165, 1.54) is 15.1 Å². The predicted octanol–water partition coefficient (Wildman–Crippen LogP) is 3.50. The lowest BCUT2D eigenvalue weighted by Gasteiger charge is -2.31. The Kier molecular flexibility index (Phi) is 4.40. The molecule has 0 spiro atoms. The summed E-state index contributed by atoms with van der Waals surface area (Å²) in [5.74, 6) is 1.86. The first kappa shape index (κ1) is 14.1. The van der Waals surface area contributed by atoms with Crippen LogP contribution in [0.5, 0.6) is 5.75 Å². The molecule has 106 valence electrons. The van der Waals surface area contributed by atoms with Crippen molar-refractivity contribution in [3.05, 3.63) is 33.7 Å². The molecule has 2 heterocycles. The van der Waals surface area contributed by atoms with Gasteiger partial charge in [-0.15, -0.1) is 0 Å². The molecule has 6 heteroatoms. The second-order valence-corrected chi connectivity index (χ2v) is 6.75. The van der Waals surface area contributed by atoms with E-state index in [1.807, 2.05) is 25.1 Å². The van der Waals surface area contributed by atoms with Gasteiger partial charge in [0.2, 0.25) is 5.13 Å². The van der Waals surface area contributed by atoms with E-state index < -0.39 is 0 Å². The van der Waals surface area contributed by atoms with Gasteiger partial charge in [0.15, 0.2) is 0 Å². The average molecular weight is 401 g/mol. The average Bonchev–Trinajstić information content (AvgIpc) is 2.89. The van der Waals surface area contributed by atoms with E-state index in [0.717, 1.165) is 42.6 Å². The van der Waals surface area contributed by atoms with Crippen LogP contribution in [0.3, 0.4) is 0 Å². The summed E-state index contributed by atoms with van der Waals surface area (Å²) in [4.78, 5) is 6.75. The van der Waals surface area contributed by atoms with Crippen molar-refractivity contribution in [1.29, 1.82) is 0 Å². The SMILES string of the molecule is Cc1nsc(N2CCC(Oc3ccccc3I)CC2)n1. The summed E-state index contributed by atoms with van der Waals surface area (Å²) in [6.45, 7) is 3.92. The highest BCUT2D eigenvalue weighted by Gasteiger charge is 2.23. The zero-order valence-corrected chi connectivity index (χ0v) is 14.2. The van der Waals surface area contributed by atoms with Crippen molar-refractivity contribution in [2.75, 3.05) is 18.0 Å². The first-order chi connectivity index (χ1) is 9.72. The zero-order chi connectivity index (χ0) is 13.9. The molecule has 0 bridgehead atoms. The molecule has 0 amide bonds. The number of ether oxygens (including phenoxy) is 1. The normalized spacial score (nSPS) is 16.4. The van der Waals surface area contributed by atoms with Gasteiger partial charge in [-0.2, -0.15) is 4.37 Å². The maximum atomic E-state index is 6.11. The third-order valence-electron chi connectivity index (χ3n) is 3.36. The van der Waals surface area contributed by atoms with E-state index in [1.54, 1.807) is 0 Å². The molecule has 1 fully saturated rings. The fourth-order valence-corrected chi connectivity index (χ4v) is 3.54. The molecule has 0 N–H and O–H groups in total. The Morgan fingerprint density at radius 2 is 2.05 bits per heavy atom. The van der Waals surface area contributed by atoms with Gasteiger partial charge in [0, 0.05) is 37.5 Å². The Morgan fingerprint density at radius 1 is 1.30 bits per heavy atom. The van der Waals surface area contributed by atoms with Crippen LogP contribution in [0.25, 0.3) is 0 Å². The number of hydrogen-bond donors (Lipinski definition) is 0. The molecule has 0 unspecified atom stereocenters. The number of benzene rings is 1. The molecule has 0 aliphatic carbocycles. The van der Waals surface area contributed by atoms with E-state index in [4.69, 9.17) is 4.74 Å². The van der Waals surface area contributed by atoms with Crippen molar-refractivity contribution in [2.45, 2.75) is 25.9 Å². The van der Waals surface area contributed by atoms with Crippen molar-refractivity contribution in [2.24, 2.45) is 0 Å². The number of hydrogen-bond acceptors (Lipinski definition) is 5. The second-order valence-electron chi connectivity index (χ2n) is 4.86. The monoisotopic (exact) mass is 401 g/mol. The first-order valence-corrected chi connectivity index (χ1v) is 8.54. The van der Waals surface area contributed by atoms with Gasteiger partial charge in [-0.05, 0) is 41.6 Å². The summed E-state index contributed by atoms with van der Waals surface area (Å²) < 4.78 is 11.5. The molecule has 1 aromatic heterocycles. The van der Waals surface area contributed by atoms with Crippen LogP contribution in [-0.2, 0) is 0 Å². The number of aryl methyl sites for hydroxylation is 1. The highest BCUT2D eigenvalue weighted by molar-refractivity contribution is 14.1. The van der Waals surface area contributed by atoms with Crippen LogP contribution in [0.2, 0.25) is 0 Å². The summed E-state index contributed by atoms with van der Waals surface area (Å²) >= 11 is 3.81. The van der Waals surface area contributed by atoms with Crippen LogP contribution in [-0.4, -0.2) is 28.6 Å². The number of anilines is 1. The molecule has 1 aliphatic heterocycles. The maximum Gasteiger partial charge on any atom is 0.205 e. The number of aromatic nitrogens is 2. The fraction of sp³-hybridized carbons (Fsp3) is 0.429. The van der Waals surface area contributed by atoms with Gasteiger partial charge >= 0.3 is 0 Å². The van der Waals surface area contributed by atoms with Gasteiger partial charge in [-0.25, -0.2) is 4.98 Å². The third-order valence-corrected chi connectivity index (χ3v) is 5.12. The van der Waals surface area contributed by atoms with Gasteiger partial charge in [0.1, 0.15) is 17.7 Å². The van der Waals surface area contributed by atoms with Crippen LogP contribution in [0.15, 0.2) is 24.3 Å². The van der Waals surface area contributed by atoms with Crippen molar-refractivity contribution in [3.63, 3.8) is 0 Å². The van der Waals surface area contributed by atoms with Crippen LogP contribution < -0.4 is 9.64 Å². The van der Waals surface area contributed by atoms with Crippen LogP contribution in [0, 0.1) is 10.5 Å². The Labute approximate surface area is 136 Å². The maximum absolute atomic E-state index is 6.11. The molecule has 0 radical (unpaired) electrons. The lowest BCUT2D eigenvalue weighted by Crippen LogP contribution is -2.38. The number of para-hydroxylation sites is 1. The topological polar surface area (TPSA) is 38.2 Å². The van der Waals surface area contributed by atoms with Crippen LogP contribution in [0.4, 0.5) is 5.13 Å². The Hall–Kier alpha value is -0.890. The largest absolute Gasteiger partial charge is 0.489 e. The Balaban J connectivity index is 1.58. The minimum atomic E-state index is 0.302. The fourth-order valence-electron chi connectivity index (χ4n) is 2.30. The summed E-state index contributed by atoms with van der Waals surface area (Å²) in [5.41, 5.74) is 0. The highest BCUT2D eigenvalue weighted by atomic mass is 127. The molecule has 3 rings (SSSR count). The Bertz CT molecular complexity index is 581. The van der Waals surface area contributed by atoms with Crippen molar-refractivity contribution in [3.8, 4) is 5.75 Å². The summed E-state index contributed by atoms with van der Waals surface area (Å²) in [7, 11) is 0. The van der Waals surface area contributed by atoms with E-state index in [2.05, 4.69) is 42.9 Å². The van der Waals surface area contributed by atoms with Crippen LogP contribution in [0.1, 0.15) is 18.7 Å². The summed E-state index contributed by atoms with van der Waals surface area (Å²) in [6.07, 6.45) is 2.36. The van der Waals surface area contributed by atoms with Gasteiger partial charge in [0.25, 0.3) is 0 Å². The molecular weight excluding hydrogens is 385 g/mol. The molecule has 1 aromatic carbocycles. The van der Waals surface area contributed by atoms with Gasteiger partial charge < -0.3 is 9.64 Å². The number of rotatable bonds is 3. The molecule has 4 nitrogen and oxygen atoms in total. The van der Waals surface area contributed by atoms with Crippen molar-refractivity contribution >= 4 is 39.3 Å². The van der Waals surface area contributed by atoms with E-state index in [9.17, 15) is 0 Å². The van der Waals surface area contributed by atoms with E-state index in [-0.39, 0.29) is 0 Å².